The fourth-order valence-corrected chi connectivity index (χ4v) is 2.12. The Bertz CT molecular complexity index is 538. The molecule has 4 nitrogen and oxygen atoms in total. The number of pyridine rings is 1. The molecule has 1 aromatic carbocycles. The standard InChI is InChI=1S/C17H24N4/c1-14(11-18)20(2)13-15-9-10-17(19-12-15)21(3)16-7-5-4-6-8-16/h4-10,12,14H,11,13,18H2,1-3H3. The number of anilines is 2. The molecule has 0 amide bonds. The van der Waals surface area contributed by atoms with Crippen LogP contribution in [0.3, 0.4) is 0 Å². The molecule has 0 aliphatic rings. The van der Waals surface area contributed by atoms with Crippen LogP contribution >= 0.6 is 0 Å². The third-order valence-corrected chi connectivity index (χ3v) is 3.82. The Balaban J connectivity index is 2.05. The summed E-state index contributed by atoms with van der Waals surface area (Å²) in [7, 11) is 4.11. The van der Waals surface area contributed by atoms with Gasteiger partial charge >= 0.3 is 0 Å². The van der Waals surface area contributed by atoms with Crippen LogP contribution in [0.1, 0.15) is 12.5 Å². The number of nitrogens with two attached hydrogens (primary N) is 1. The zero-order valence-corrected chi connectivity index (χ0v) is 13.0. The Morgan fingerprint density at radius 1 is 1.10 bits per heavy atom. The number of benzene rings is 1. The minimum atomic E-state index is 0.372. The maximum absolute atomic E-state index is 5.69. The van der Waals surface area contributed by atoms with Gasteiger partial charge in [0.2, 0.25) is 0 Å². The average Bonchev–Trinajstić information content (AvgIpc) is 2.55. The van der Waals surface area contributed by atoms with Gasteiger partial charge in [-0.25, -0.2) is 4.98 Å². The van der Waals surface area contributed by atoms with Gasteiger partial charge < -0.3 is 10.6 Å². The van der Waals surface area contributed by atoms with Crippen LogP contribution in [-0.4, -0.2) is 36.6 Å². The number of likely N-dealkylation sites (N-methyl/N-ethyl adjacent to an activating group) is 1. The topological polar surface area (TPSA) is 45.4 Å². The highest BCUT2D eigenvalue weighted by Crippen LogP contribution is 2.21. The minimum Gasteiger partial charge on any atom is -0.329 e. The van der Waals surface area contributed by atoms with Crippen molar-refractivity contribution >= 4 is 11.5 Å². The molecule has 1 aromatic heterocycles. The molecule has 2 aromatic rings. The van der Waals surface area contributed by atoms with Crippen molar-refractivity contribution in [2.24, 2.45) is 5.73 Å². The van der Waals surface area contributed by atoms with E-state index in [1.54, 1.807) is 0 Å². The van der Waals surface area contributed by atoms with Gasteiger partial charge in [0.25, 0.3) is 0 Å². The van der Waals surface area contributed by atoms with Crippen molar-refractivity contribution in [1.82, 2.24) is 9.88 Å². The van der Waals surface area contributed by atoms with E-state index in [0.717, 1.165) is 18.1 Å². The summed E-state index contributed by atoms with van der Waals surface area (Å²) in [4.78, 5) is 8.87. The first-order chi connectivity index (χ1) is 10.1. The van der Waals surface area contributed by atoms with Crippen molar-refractivity contribution in [3.63, 3.8) is 0 Å². The molecular weight excluding hydrogens is 260 g/mol. The van der Waals surface area contributed by atoms with Crippen molar-refractivity contribution in [1.29, 1.82) is 0 Å². The maximum atomic E-state index is 5.69. The van der Waals surface area contributed by atoms with E-state index in [1.807, 2.05) is 31.4 Å². The van der Waals surface area contributed by atoms with Crippen molar-refractivity contribution in [3.8, 4) is 0 Å². The molecule has 0 bridgehead atoms. The average molecular weight is 284 g/mol. The lowest BCUT2D eigenvalue weighted by Crippen LogP contribution is -2.34. The fourth-order valence-electron chi connectivity index (χ4n) is 2.12. The first-order valence-corrected chi connectivity index (χ1v) is 7.26. The molecule has 21 heavy (non-hydrogen) atoms. The molecule has 0 fully saturated rings. The van der Waals surface area contributed by atoms with E-state index in [-0.39, 0.29) is 0 Å². The van der Waals surface area contributed by atoms with Crippen molar-refractivity contribution in [2.75, 3.05) is 25.5 Å². The molecule has 0 aliphatic heterocycles. The monoisotopic (exact) mass is 284 g/mol. The van der Waals surface area contributed by atoms with Crippen molar-refractivity contribution in [3.05, 3.63) is 54.2 Å². The predicted molar refractivity (Wildman–Crippen MR) is 88.7 cm³/mol. The Labute approximate surface area is 127 Å². The Morgan fingerprint density at radius 3 is 2.38 bits per heavy atom. The summed E-state index contributed by atoms with van der Waals surface area (Å²) < 4.78 is 0. The number of para-hydroxylation sites is 1. The minimum absolute atomic E-state index is 0.372. The highest BCUT2D eigenvalue weighted by molar-refractivity contribution is 5.58. The van der Waals surface area contributed by atoms with Gasteiger partial charge in [0.1, 0.15) is 5.82 Å². The van der Waals surface area contributed by atoms with Crippen LogP contribution in [0.4, 0.5) is 11.5 Å². The van der Waals surface area contributed by atoms with Crippen LogP contribution in [0.15, 0.2) is 48.7 Å². The van der Waals surface area contributed by atoms with Crippen molar-refractivity contribution < 1.29 is 0 Å². The van der Waals surface area contributed by atoms with E-state index >= 15 is 0 Å². The van der Waals surface area contributed by atoms with Gasteiger partial charge in [0, 0.05) is 38.1 Å². The molecule has 2 N–H and O–H groups in total. The summed E-state index contributed by atoms with van der Waals surface area (Å²) in [6, 6.07) is 14.8. The van der Waals surface area contributed by atoms with Crippen LogP contribution in [0.25, 0.3) is 0 Å². The lowest BCUT2D eigenvalue weighted by Gasteiger charge is -2.23. The highest BCUT2D eigenvalue weighted by atomic mass is 15.2. The van der Waals surface area contributed by atoms with E-state index in [2.05, 4.69) is 53.0 Å². The first-order valence-electron chi connectivity index (χ1n) is 7.26. The maximum Gasteiger partial charge on any atom is 0.132 e. The second-order valence-corrected chi connectivity index (χ2v) is 5.42. The number of nitrogens with zero attached hydrogens (tertiary/aromatic N) is 3. The molecule has 2 rings (SSSR count). The number of aromatic nitrogens is 1. The fraction of sp³-hybridized carbons (Fsp3) is 0.353. The zero-order valence-electron chi connectivity index (χ0n) is 13.0. The number of hydrogen-bond donors (Lipinski definition) is 1. The molecule has 1 heterocycles. The second-order valence-electron chi connectivity index (χ2n) is 5.42. The molecule has 1 unspecified atom stereocenters. The molecule has 0 saturated carbocycles. The SMILES string of the molecule is CC(CN)N(C)Cc1ccc(N(C)c2ccccc2)nc1. The highest BCUT2D eigenvalue weighted by Gasteiger charge is 2.09. The number of hydrogen-bond acceptors (Lipinski definition) is 4. The molecule has 112 valence electrons. The zero-order chi connectivity index (χ0) is 15.2. The second kappa shape index (κ2) is 7.20. The van der Waals surface area contributed by atoms with Gasteiger partial charge in [-0.3, -0.25) is 4.90 Å². The van der Waals surface area contributed by atoms with Crippen LogP contribution in [0.5, 0.6) is 0 Å². The summed E-state index contributed by atoms with van der Waals surface area (Å²) in [6.45, 7) is 3.66. The lowest BCUT2D eigenvalue weighted by atomic mass is 10.2. The Morgan fingerprint density at radius 2 is 1.81 bits per heavy atom. The van der Waals surface area contributed by atoms with Gasteiger partial charge in [-0.15, -0.1) is 0 Å². The predicted octanol–water partition coefficient (Wildman–Crippen LogP) is 2.63. The largest absolute Gasteiger partial charge is 0.329 e. The third kappa shape index (κ3) is 4.03. The third-order valence-electron chi connectivity index (χ3n) is 3.82. The smallest absolute Gasteiger partial charge is 0.132 e. The summed E-state index contributed by atoms with van der Waals surface area (Å²) in [6.07, 6.45) is 1.94. The summed E-state index contributed by atoms with van der Waals surface area (Å²) in [5, 5.41) is 0. The molecule has 1 atom stereocenters. The quantitative estimate of drug-likeness (QED) is 0.885. The summed E-state index contributed by atoms with van der Waals surface area (Å²) in [5.74, 6) is 0.944. The van der Waals surface area contributed by atoms with Gasteiger partial charge in [-0.1, -0.05) is 24.3 Å². The van der Waals surface area contributed by atoms with Crippen molar-refractivity contribution in [2.45, 2.75) is 19.5 Å². The van der Waals surface area contributed by atoms with E-state index in [1.165, 1.54) is 5.56 Å². The van der Waals surface area contributed by atoms with E-state index in [9.17, 15) is 0 Å². The van der Waals surface area contributed by atoms with E-state index in [4.69, 9.17) is 5.73 Å². The molecule has 0 radical (unpaired) electrons. The molecule has 0 aliphatic carbocycles. The molecular formula is C17H24N4. The van der Waals surface area contributed by atoms with Crippen LogP contribution in [0.2, 0.25) is 0 Å². The molecule has 0 saturated heterocycles. The number of rotatable bonds is 6. The van der Waals surface area contributed by atoms with Gasteiger partial charge in [0.05, 0.1) is 0 Å². The first kappa shape index (κ1) is 15.5. The van der Waals surface area contributed by atoms with Crippen LogP contribution < -0.4 is 10.6 Å². The Kier molecular flexibility index (Phi) is 5.31. The summed E-state index contributed by atoms with van der Waals surface area (Å²) >= 11 is 0. The van der Waals surface area contributed by atoms with Gasteiger partial charge in [-0.2, -0.15) is 0 Å². The summed E-state index contributed by atoms with van der Waals surface area (Å²) in [5.41, 5.74) is 8.02. The van der Waals surface area contributed by atoms with E-state index in [0.29, 0.717) is 12.6 Å². The van der Waals surface area contributed by atoms with Crippen LogP contribution in [0, 0.1) is 0 Å². The van der Waals surface area contributed by atoms with Crippen LogP contribution in [-0.2, 0) is 6.54 Å². The van der Waals surface area contributed by atoms with Gasteiger partial charge in [-0.05, 0) is 37.7 Å². The normalized spacial score (nSPS) is 12.4. The van der Waals surface area contributed by atoms with Gasteiger partial charge in [0.15, 0.2) is 0 Å². The van der Waals surface area contributed by atoms with E-state index < -0.39 is 0 Å². The Hall–Kier alpha value is -1.91. The molecule has 0 spiro atoms. The molecule has 4 heteroatoms. The lowest BCUT2D eigenvalue weighted by molar-refractivity contribution is 0.254.